The molecule has 3 aromatic carbocycles. The van der Waals surface area contributed by atoms with Crippen LogP contribution in [0, 0.1) is 26.6 Å². The monoisotopic (exact) mass is 642 g/mol. The molecule has 10 nitrogen and oxygen atoms in total. The first-order valence-corrected chi connectivity index (χ1v) is 15.8. The molecule has 1 aliphatic rings. The fourth-order valence-corrected chi connectivity index (χ4v) is 5.60. The first kappa shape index (κ1) is 33.6. The van der Waals surface area contributed by atoms with Gasteiger partial charge in [-0.3, -0.25) is 9.80 Å². The van der Waals surface area contributed by atoms with Crippen LogP contribution in [0.3, 0.4) is 0 Å². The van der Waals surface area contributed by atoms with Gasteiger partial charge in [0.05, 0.1) is 12.8 Å². The van der Waals surface area contributed by atoms with Crippen LogP contribution in [-0.4, -0.2) is 78.3 Å². The average molecular weight is 643 g/mol. The van der Waals surface area contributed by atoms with Gasteiger partial charge in [0.2, 0.25) is 5.95 Å². The Morgan fingerprint density at radius 1 is 0.957 bits per heavy atom. The summed E-state index contributed by atoms with van der Waals surface area (Å²) in [6.45, 7) is 15.3. The Hall–Kier alpha value is -4.74. The zero-order valence-electron chi connectivity index (χ0n) is 27.9. The van der Waals surface area contributed by atoms with Crippen LogP contribution in [0.2, 0.25) is 0 Å². The Bertz CT molecular complexity index is 1670. The van der Waals surface area contributed by atoms with Gasteiger partial charge >= 0.3 is 6.09 Å². The van der Waals surface area contributed by atoms with Crippen molar-refractivity contribution < 1.29 is 23.4 Å². The number of hydrogen-bond acceptors (Lipinski definition) is 9. The summed E-state index contributed by atoms with van der Waals surface area (Å²) in [5.41, 5.74) is 3.72. The molecule has 1 fully saturated rings. The highest BCUT2D eigenvalue weighted by Gasteiger charge is 2.26. The number of nitrogens with zero attached hydrogens (tertiary/aromatic N) is 5. The summed E-state index contributed by atoms with van der Waals surface area (Å²) in [5, 5.41) is 3.05. The van der Waals surface area contributed by atoms with E-state index in [1.165, 1.54) is 24.3 Å². The van der Waals surface area contributed by atoms with Gasteiger partial charge in [0, 0.05) is 62.8 Å². The molecule has 0 spiro atoms. The number of halogens is 1. The van der Waals surface area contributed by atoms with Crippen molar-refractivity contribution in [1.29, 1.82) is 0 Å². The van der Waals surface area contributed by atoms with E-state index in [1.807, 2.05) is 45.0 Å². The van der Waals surface area contributed by atoms with E-state index in [0.29, 0.717) is 29.8 Å². The minimum Gasteiger partial charge on any atom is -0.493 e. The highest BCUT2D eigenvalue weighted by atomic mass is 19.1. The van der Waals surface area contributed by atoms with E-state index >= 15 is 4.39 Å². The van der Waals surface area contributed by atoms with Crippen molar-refractivity contribution in [3.05, 3.63) is 89.4 Å². The summed E-state index contributed by atoms with van der Waals surface area (Å²) in [4.78, 5) is 29.0. The Labute approximate surface area is 276 Å². The lowest BCUT2D eigenvalue weighted by molar-refractivity contribution is 0.0965. The molecule has 0 unspecified atom stereocenters. The van der Waals surface area contributed by atoms with Gasteiger partial charge in [-0.05, 0) is 75.6 Å². The smallest absolute Gasteiger partial charge is 0.425 e. The number of methoxy groups -OCH3 is 1. The number of rotatable bonds is 11. The Balaban J connectivity index is 1.31. The number of piperazine rings is 1. The number of anilines is 4. The Morgan fingerprint density at radius 3 is 2.36 bits per heavy atom. The van der Waals surface area contributed by atoms with Crippen molar-refractivity contribution in [2.24, 2.45) is 0 Å². The lowest BCUT2D eigenvalue weighted by Gasteiger charge is -2.36. The number of carbonyl (C=O) groups is 1. The second-order valence-corrected chi connectivity index (χ2v) is 11.9. The zero-order valence-corrected chi connectivity index (χ0v) is 27.9. The van der Waals surface area contributed by atoms with Crippen molar-refractivity contribution in [2.75, 3.05) is 56.7 Å². The number of aryl methyl sites for hydroxylation is 3. The van der Waals surface area contributed by atoms with E-state index in [0.717, 1.165) is 49.4 Å². The molecule has 248 valence electrons. The predicted molar refractivity (Wildman–Crippen MR) is 182 cm³/mol. The van der Waals surface area contributed by atoms with Crippen molar-refractivity contribution in [1.82, 2.24) is 19.8 Å². The molecule has 1 aliphatic heterocycles. The third-order valence-corrected chi connectivity index (χ3v) is 8.22. The van der Waals surface area contributed by atoms with Crippen molar-refractivity contribution >= 4 is 29.2 Å². The summed E-state index contributed by atoms with van der Waals surface area (Å²) < 4.78 is 32.2. The van der Waals surface area contributed by atoms with Gasteiger partial charge in [0.15, 0.2) is 23.1 Å². The second kappa shape index (κ2) is 15.2. The van der Waals surface area contributed by atoms with Gasteiger partial charge in [0.1, 0.15) is 12.4 Å². The normalized spacial score (nSPS) is 13.8. The Morgan fingerprint density at radius 2 is 1.68 bits per heavy atom. The van der Waals surface area contributed by atoms with E-state index in [-0.39, 0.29) is 23.3 Å². The zero-order chi connectivity index (χ0) is 33.5. The molecule has 1 saturated heterocycles. The first-order chi connectivity index (χ1) is 22.6. The molecule has 1 aromatic heterocycles. The summed E-state index contributed by atoms with van der Waals surface area (Å²) in [7, 11) is 1.52. The van der Waals surface area contributed by atoms with E-state index in [2.05, 4.69) is 38.9 Å². The van der Waals surface area contributed by atoms with Gasteiger partial charge in [0.25, 0.3) is 0 Å². The van der Waals surface area contributed by atoms with Crippen LogP contribution in [0.5, 0.6) is 17.2 Å². The van der Waals surface area contributed by atoms with E-state index in [4.69, 9.17) is 14.2 Å². The maximum absolute atomic E-state index is 15.1. The molecule has 11 heteroatoms. The van der Waals surface area contributed by atoms with Gasteiger partial charge in [-0.2, -0.15) is 4.98 Å². The lowest BCUT2D eigenvalue weighted by Crippen LogP contribution is -2.49. The molecule has 0 aliphatic carbocycles. The van der Waals surface area contributed by atoms with Crippen LogP contribution < -0.4 is 24.4 Å². The van der Waals surface area contributed by atoms with Crippen LogP contribution in [0.1, 0.15) is 30.5 Å². The van der Waals surface area contributed by atoms with Crippen molar-refractivity contribution in [3.63, 3.8) is 0 Å². The van der Waals surface area contributed by atoms with Crippen molar-refractivity contribution in [2.45, 2.75) is 40.7 Å². The summed E-state index contributed by atoms with van der Waals surface area (Å²) >= 11 is 0. The molecule has 4 aromatic rings. The maximum Gasteiger partial charge on any atom is 0.425 e. The summed E-state index contributed by atoms with van der Waals surface area (Å²) in [6.07, 6.45) is 0.850. The third-order valence-electron chi connectivity index (χ3n) is 8.22. The minimum absolute atomic E-state index is 0.174. The fraction of sp³-hybridized carbons (Fsp3) is 0.361. The fourth-order valence-electron chi connectivity index (χ4n) is 5.60. The number of nitrogens with one attached hydrogen (secondary N) is 1. The van der Waals surface area contributed by atoms with Crippen molar-refractivity contribution in [3.8, 4) is 17.2 Å². The summed E-state index contributed by atoms with van der Waals surface area (Å²) in [5.74, 6) is 0.839. The molecule has 1 N–H and O–H groups in total. The minimum atomic E-state index is -0.677. The molecule has 0 bridgehead atoms. The van der Waals surface area contributed by atoms with Gasteiger partial charge in [-0.1, -0.05) is 24.3 Å². The Kier molecular flexibility index (Phi) is 10.9. The highest BCUT2D eigenvalue weighted by Crippen LogP contribution is 2.34. The lowest BCUT2D eigenvalue weighted by atomic mass is 10.1. The van der Waals surface area contributed by atoms with Crippen LogP contribution in [0.25, 0.3) is 0 Å². The second-order valence-electron chi connectivity index (χ2n) is 11.9. The molecule has 0 saturated carbocycles. The van der Waals surface area contributed by atoms with E-state index < -0.39 is 11.9 Å². The molecule has 2 heterocycles. The number of para-hydroxylation sites is 1. The number of carbonyl (C=O) groups excluding carboxylic acids is 1. The number of ether oxygens (including phenoxy) is 3. The highest BCUT2D eigenvalue weighted by molar-refractivity contribution is 5.98. The summed E-state index contributed by atoms with van der Waals surface area (Å²) in [6, 6.07) is 17.9. The number of hydrogen-bond donors (Lipinski definition) is 1. The number of benzene rings is 3. The van der Waals surface area contributed by atoms with E-state index in [1.54, 1.807) is 30.3 Å². The van der Waals surface area contributed by atoms with Crippen LogP contribution in [0.15, 0.2) is 66.9 Å². The van der Waals surface area contributed by atoms with Crippen LogP contribution in [0.4, 0.5) is 32.3 Å². The van der Waals surface area contributed by atoms with Crippen LogP contribution in [-0.2, 0) is 0 Å². The molecule has 0 atom stereocenters. The van der Waals surface area contributed by atoms with Gasteiger partial charge < -0.3 is 19.5 Å². The molecule has 5 rings (SSSR count). The van der Waals surface area contributed by atoms with Gasteiger partial charge in [-0.25, -0.2) is 19.1 Å². The topological polar surface area (TPSA) is 92.3 Å². The largest absolute Gasteiger partial charge is 0.493 e. The first-order valence-electron chi connectivity index (χ1n) is 15.8. The SMILES string of the molecule is COc1cc(C)ccc1OC(=O)N(c1ccnc(Nc2ccc(OCCN3CCN(C(C)C)CC3)c(F)c2)n1)c1c(C)cccc1C. The molecular formula is C36H43FN6O4. The quantitative estimate of drug-likeness (QED) is 0.185. The molecule has 1 amide bonds. The van der Waals surface area contributed by atoms with Gasteiger partial charge in [-0.15, -0.1) is 0 Å². The number of aromatic nitrogens is 2. The van der Waals surface area contributed by atoms with Crippen LogP contribution >= 0.6 is 0 Å². The molecule has 47 heavy (non-hydrogen) atoms. The standard InChI is InChI=1S/C36H43FN6O4/c1-24(2)42-18-16-41(17-19-42)20-21-46-30-13-11-28(23-29(30)37)39-35-38-15-14-33(40-35)43(34-26(4)8-7-9-27(34)5)36(44)47-31-12-10-25(3)22-32(31)45-6/h7-15,22-24H,16-21H2,1-6H3,(H,38,39,40). The third kappa shape index (κ3) is 8.35. The molecular weight excluding hydrogens is 599 g/mol. The maximum atomic E-state index is 15.1. The predicted octanol–water partition coefficient (Wildman–Crippen LogP) is 7.04. The number of amides is 1. The molecule has 0 radical (unpaired) electrons. The van der Waals surface area contributed by atoms with E-state index in [9.17, 15) is 4.79 Å². The average Bonchev–Trinajstić information content (AvgIpc) is 3.05.